The number of methoxy groups -OCH3 is 2. The Balaban J connectivity index is 1.29. The lowest BCUT2D eigenvalue weighted by atomic mass is 10.1. The molecule has 0 N–H and O–H groups in total. The highest BCUT2D eigenvalue weighted by atomic mass is 16.5. The minimum Gasteiger partial charge on any atom is -0.496 e. The molecule has 8 heteroatoms. The van der Waals surface area contributed by atoms with E-state index in [1.165, 1.54) is 5.56 Å². The van der Waals surface area contributed by atoms with Gasteiger partial charge in [0.25, 0.3) is 5.91 Å². The van der Waals surface area contributed by atoms with Crippen LogP contribution in [0.25, 0.3) is 11.3 Å². The maximum absolute atomic E-state index is 12.7. The molecule has 178 valence electrons. The number of aromatic nitrogens is 2. The summed E-state index contributed by atoms with van der Waals surface area (Å²) in [5.41, 5.74) is 3.21. The van der Waals surface area contributed by atoms with Gasteiger partial charge in [-0.1, -0.05) is 31.2 Å². The van der Waals surface area contributed by atoms with Crippen LogP contribution in [0.5, 0.6) is 17.2 Å². The Labute approximate surface area is 200 Å². The normalized spacial score (nSPS) is 13.5. The molecule has 1 amide bonds. The molecule has 1 fully saturated rings. The molecule has 3 aromatic rings. The third-order valence-electron chi connectivity index (χ3n) is 5.95. The topological polar surface area (TPSA) is 77.0 Å². The molecule has 0 bridgehead atoms. The maximum atomic E-state index is 12.7. The SMILES string of the molecule is CCc1ccc(-c2ccc(N3CCN(C(=O)COc4cc(OC)cc(OC)c4)CC3)nn2)cc1. The molecule has 1 aliphatic heterocycles. The molecule has 0 atom stereocenters. The van der Waals surface area contributed by atoms with Crippen LogP contribution in [0.3, 0.4) is 0 Å². The van der Waals surface area contributed by atoms with Crippen molar-refractivity contribution in [2.45, 2.75) is 13.3 Å². The molecule has 8 nitrogen and oxygen atoms in total. The summed E-state index contributed by atoms with van der Waals surface area (Å²) in [6, 6.07) is 17.6. The van der Waals surface area contributed by atoms with E-state index in [2.05, 4.69) is 46.3 Å². The fourth-order valence-electron chi connectivity index (χ4n) is 3.85. The number of rotatable bonds is 8. The van der Waals surface area contributed by atoms with Crippen molar-refractivity contribution in [3.05, 3.63) is 60.2 Å². The van der Waals surface area contributed by atoms with Crippen LogP contribution in [0.15, 0.2) is 54.6 Å². The summed E-state index contributed by atoms with van der Waals surface area (Å²) in [5, 5.41) is 8.84. The van der Waals surface area contributed by atoms with Crippen LogP contribution in [-0.2, 0) is 11.2 Å². The number of carbonyl (C=O) groups excluding carboxylic acids is 1. The lowest BCUT2D eigenvalue weighted by Crippen LogP contribution is -2.50. The van der Waals surface area contributed by atoms with Crippen LogP contribution in [0.4, 0.5) is 5.82 Å². The second-order valence-corrected chi connectivity index (χ2v) is 8.03. The second kappa shape index (κ2) is 10.9. The number of anilines is 1. The lowest BCUT2D eigenvalue weighted by molar-refractivity contribution is -0.133. The van der Waals surface area contributed by atoms with Gasteiger partial charge in [-0.25, -0.2) is 0 Å². The standard InChI is InChI=1S/C26H30N4O4/c1-4-19-5-7-20(8-6-19)24-9-10-25(28-27-24)29-11-13-30(14-12-29)26(31)18-34-23-16-21(32-2)15-22(17-23)33-3/h5-10,15-17H,4,11-14,18H2,1-3H3. The first kappa shape index (κ1) is 23.4. The Morgan fingerprint density at radius 1 is 0.853 bits per heavy atom. The maximum Gasteiger partial charge on any atom is 0.260 e. The molecular formula is C26H30N4O4. The monoisotopic (exact) mass is 462 g/mol. The predicted octanol–water partition coefficient (Wildman–Crippen LogP) is 3.45. The van der Waals surface area contributed by atoms with Crippen molar-refractivity contribution in [3.8, 4) is 28.5 Å². The van der Waals surface area contributed by atoms with Crippen LogP contribution < -0.4 is 19.1 Å². The van der Waals surface area contributed by atoms with Crippen molar-refractivity contribution in [1.29, 1.82) is 0 Å². The van der Waals surface area contributed by atoms with E-state index in [-0.39, 0.29) is 12.5 Å². The van der Waals surface area contributed by atoms with Gasteiger partial charge in [-0.2, -0.15) is 0 Å². The summed E-state index contributed by atoms with van der Waals surface area (Å²) in [5.74, 6) is 2.52. The summed E-state index contributed by atoms with van der Waals surface area (Å²) in [6.45, 7) is 4.69. The van der Waals surface area contributed by atoms with Gasteiger partial charge < -0.3 is 24.0 Å². The van der Waals surface area contributed by atoms with Crippen LogP contribution in [0.1, 0.15) is 12.5 Å². The van der Waals surface area contributed by atoms with Gasteiger partial charge in [0.05, 0.1) is 19.9 Å². The van der Waals surface area contributed by atoms with E-state index in [1.807, 2.05) is 17.0 Å². The van der Waals surface area contributed by atoms with Gasteiger partial charge in [0, 0.05) is 49.9 Å². The predicted molar refractivity (Wildman–Crippen MR) is 131 cm³/mol. The average Bonchev–Trinajstić information content (AvgIpc) is 2.91. The number of amides is 1. The number of hydrogen-bond donors (Lipinski definition) is 0. The number of piperazine rings is 1. The molecule has 0 spiro atoms. The number of ether oxygens (including phenoxy) is 3. The summed E-state index contributed by atoms with van der Waals surface area (Å²) in [7, 11) is 3.15. The van der Waals surface area contributed by atoms with Crippen molar-refractivity contribution in [1.82, 2.24) is 15.1 Å². The molecule has 1 aromatic heterocycles. The Bertz CT molecular complexity index is 1070. The molecule has 1 saturated heterocycles. The third-order valence-corrected chi connectivity index (χ3v) is 5.95. The molecule has 2 heterocycles. The van der Waals surface area contributed by atoms with E-state index in [4.69, 9.17) is 14.2 Å². The lowest BCUT2D eigenvalue weighted by Gasteiger charge is -2.35. The first-order chi connectivity index (χ1) is 16.6. The quantitative estimate of drug-likeness (QED) is 0.507. The zero-order valence-corrected chi connectivity index (χ0v) is 19.9. The van der Waals surface area contributed by atoms with Crippen LogP contribution in [0, 0.1) is 0 Å². The molecule has 0 saturated carbocycles. The third kappa shape index (κ3) is 5.57. The molecule has 2 aromatic carbocycles. The van der Waals surface area contributed by atoms with E-state index in [0.29, 0.717) is 43.4 Å². The summed E-state index contributed by atoms with van der Waals surface area (Å²) >= 11 is 0. The second-order valence-electron chi connectivity index (χ2n) is 8.03. The Morgan fingerprint density at radius 3 is 2.06 bits per heavy atom. The number of nitrogens with zero attached hydrogens (tertiary/aromatic N) is 4. The number of hydrogen-bond acceptors (Lipinski definition) is 7. The van der Waals surface area contributed by atoms with E-state index in [1.54, 1.807) is 32.4 Å². The van der Waals surface area contributed by atoms with Gasteiger partial charge in [-0.05, 0) is 24.1 Å². The minimum absolute atomic E-state index is 0.0400. The Morgan fingerprint density at radius 2 is 1.50 bits per heavy atom. The molecule has 1 aliphatic rings. The molecule has 34 heavy (non-hydrogen) atoms. The number of carbonyl (C=O) groups is 1. The highest BCUT2D eigenvalue weighted by Gasteiger charge is 2.22. The largest absolute Gasteiger partial charge is 0.496 e. The van der Waals surface area contributed by atoms with Crippen LogP contribution in [0.2, 0.25) is 0 Å². The van der Waals surface area contributed by atoms with Crippen molar-refractivity contribution >= 4 is 11.7 Å². The van der Waals surface area contributed by atoms with Gasteiger partial charge in [0.2, 0.25) is 0 Å². The van der Waals surface area contributed by atoms with Crippen molar-refractivity contribution in [2.24, 2.45) is 0 Å². The van der Waals surface area contributed by atoms with Crippen LogP contribution >= 0.6 is 0 Å². The first-order valence-electron chi connectivity index (χ1n) is 11.4. The minimum atomic E-state index is -0.0570. The van der Waals surface area contributed by atoms with Gasteiger partial charge in [-0.3, -0.25) is 4.79 Å². The van der Waals surface area contributed by atoms with Crippen molar-refractivity contribution in [3.63, 3.8) is 0 Å². The highest BCUT2D eigenvalue weighted by molar-refractivity contribution is 5.78. The number of aryl methyl sites for hydroxylation is 1. The Hall–Kier alpha value is -3.81. The smallest absolute Gasteiger partial charge is 0.260 e. The summed E-state index contributed by atoms with van der Waals surface area (Å²) in [6.07, 6.45) is 1.02. The Kier molecular flexibility index (Phi) is 7.47. The van der Waals surface area contributed by atoms with E-state index < -0.39 is 0 Å². The molecule has 0 unspecified atom stereocenters. The van der Waals surface area contributed by atoms with Crippen LogP contribution in [-0.4, -0.2) is 68.0 Å². The van der Waals surface area contributed by atoms with E-state index in [9.17, 15) is 4.79 Å². The van der Waals surface area contributed by atoms with Crippen molar-refractivity contribution < 1.29 is 19.0 Å². The van der Waals surface area contributed by atoms with Gasteiger partial charge in [-0.15, -0.1) is 10.2 Å². The van der Waals surface area contributed by atoms with Crippen molar-refractivity contribution in [2.75, 3.05) is 51.9 Å². The van der Waals surface area contributed by atoms with E-state index in [0.717, 1.165) is 23.5 Å². The molecule has 0 radical (unpaired) electrons. The van der Waals surface area contributed by atoms with Gasteiger partial charge in [0.15, 0.2) is 12.4 Å². The van der Waals surface area contributed by atoms with Gasteiger partial charge in [0.1, 0.15) is 17.2 Å². The number of benzene rings is 2. The molecule has 4 rings (SSSR count). The zero-order valence-electron chi connectivity index (χ0n) is 19.9. The fraction of sp³-hybridized carbons (Fsp3) is 0.346. The molecular weight excluding hydrogens is 432 g/mol. The first-order valence-corrected chi connectivity index (χ1v) is 11.4. The fourth-order valence-corrected chi connectivity index (χ4v) is 3.85. The molecule has 0 aliphatic carbocycles. The summed E-state index contributed by atoms with van der Waals surface area (Å²) in [4.78, 5) is 16.6. The van der Waals surface area contributed by atoms with Gasteiger partial charge >= 0.3 is 0 Å². The summed E-state index contributed by atoms with van der Waals surface area (Å²) < 4.78 is 16.2. The highest BCUT2D eigenvalue weighted by Crippen LogP contribution is 2.27. The van der Waals surface area contributed by atoms with E-state index >= 15 is 0 Å². The zero-order chi connectivity index (χ0) is 23.9. The average molecular weight is 463 g/mol.